The molecule has 0 saturated carbocycles. The molecule has 0 amide bonds. The zero-order valence-electron chi connectivity index (χ0n) is 18.0. The van der Waals surface area contributed by atoms with Crippen molar-refractivity contribution in [3.8, 4) is 24.3 Å². The number of para-hydroxylation sites is 1. The number of hydrogen-bond acceptors (Lipinski definition) is 9. The number of benzene rings is 1. The molecule has 9 nitrogen and oxygen atoms in total. The second kappa shape index (κ2) is 9.13. The number of aryl methyl sites for hydroxylation is 2. The summed E-state index contributed by atoms with van der Waals surface area (Å²) in [5, 5.41) is 40.1. The molecule has 0 bridgehead atoms. The van der Waals surface area contributed by atoms with Gasteiger partial charge in [0, 0.05) is 0 Å². The number of carbonyl (C=O) groups excluding carboxylic acids is 2. The first-order valence-electron chi connectivity index (χ1n) is 9.64. The minimum atomic E-state index is -2.67. The van der Waals surface area contributed by atoms with E-state index < -0.39 is 39.6 Å². The summed E-state index contributed by atoms with van der Waals surface area (Å²) in [7, 11) is 0. The Labute approximate surface area is 185 Å². The monoisotopic (exact) mass is 429 g/mol. The summed E-state index contributed by atoms with van der Waals surface area (Å²) in [5.41, 5.74) is -5.44. The molecule has 0 atom stereocenters. The van der Waals surface area contributed by atoms with Crippen molar-refractivity contribution < 1.29 is 19.1 Å². The fourth-order valence-corrected chi connectivity index (χ4v) is 3.56. The third kappa shape index (κ3) is 3.27. The van der Waals surface area contributed by atoms with Crippen LogP contribution in [-0.2, 0) is 19.1 Å². The topological polar surface area (TPSA) is 160 Å². The van der Waals surface area contributed by atoms with Crippen molar-refractivity contribution in [2.24, 2.45) is 15.8 Å². The molecule has 1 aliphatic carbocycles. The molecule has 1 aliphatic rings. The number of nitrogens with zero attached hydrogens (tertiary/aromatic N) is 5. The van der Waals surface area contributed by atoms with Crippen molar-refractivity contribution in [1.29, 1.82) is 21.0 Å². The van der Waals surface area contributed by atoms with E-state index >= 15 is 0 Å². The summed E-state index contributed by atoms with van der Waals surface area (Å²) in [6.45, 7) is 6.22. The van der Waals surface area contributed by atoms with Crippen molar-refractivity contribution in [2.45, 2.75) is 27.7 Å². The molecule has 0 aromatic heterocycles. The van der Waals surface area contributed by atoms with Crippen LogP contribution in [0.5, 0.6) is 0 Å². The molecule has 0 spiro atoms. The van der Waals surface area contributed by atoms with Crippen LogP contribution in [0.1, 0.15) is 25.0 Å². The first-order valence-corrected chi connectivity index (χ1v) is 9.64. The molecule has 32 heavy (non-hydrogen) atoms. The van der Waals surface area contributed by atoms with E-state index in [1.807, 2.05) is 0 Å². The lowest BCUT2D eigenvalue weighted by Crippen LogP contribution is -2.42. The van der Waals surface area contributed by atoms with Crippen LogP contribution >= 0.6 is 0 Å². The number of carbonyl (C=O) groups is 2. The Hall–Kier alpha value is -4.47. The Morgan fingerprint density at radius 1 is 0.875 bits per heavy atom. The zero-order valence-corrected chi connectivity index (χ0v) is 18.0. The summed E-state index contributed by atoms with van der Waals surface area (Å²) >= 11 is 0. The lowest BCUT2D eigenvalue weighted by molar-refractivity contribution is -0.141. The number of rotatable bonds is 5. The molecule has 0 radical (unpaired) electrons. The van der Waals surface area contributed by atoms with Gasteiger partial charge in [-0.25, -0.2) is 14.6 Å². The van der Waals surface area contributed by atoms with E-state index in [0.29, 0.717) is 16.8 Å². The SMILES string of the molecule is CCOC(=O)C1=C(C(=O)OCC)C(C#N)(C#N)C(C#N)(C#N)C1=Nc1c(C)cccc1C. The average Bonchev–Trinajstić information content (AvgIpc) is 3.03. The molecule has 0 aliphatic heterocycles. The van der Waals surface area contributed by atoms with Gasteiger partial charge >= 0.3 is 11.9 Å². The highest BCUT2D eigenvalue weighted by atomic mass is 16.5. The lowest BCUT2D eigenvalue weighted by Gasteiger charge is -2.25. The summed E-state index contributed by atoms with van der Waals surface area (Å²) in [6.07, 6.45) is 0. The first-order chi connectivity index (χ1) is 15.2. The Kier molecular flexibility index (Phi) is 6.79. The highest BCUT2D eigenvalue weighted by molar-refractivity contribution is 6.32. The molecule has 1 aromatic rings. The lowest BCUT2D eigenvalue weighted by atomic mass is 9.65. The number of aliphatic imine (C=N–C) groups is 1. The molecule has 160 valence electrons. The minimum Gasteiger partial charge on any atom is -0.463 e. The number of esters is 2. The van der Waals surface area contributed by atoms with Gasteiger partial charge in [-0.2, -0.15) is 21.0 Å². The second-order valence-corrected chi connectivity index (χ2v) is 6.84. The largest absolute Gasteiger partial charge is 0.463 e. The molecule has 0 unspecified atom stereocenters. The molecule has 2 rings (SSSR count). The summed E-state index contributed by atoms with van der Waals surface area (Å²) in [4.78, 5) is 30.3. The van der Waals surface area contributed by atoms with E-state index in [0.717, 1.165) is 0 Å². The van der Waals surface area contributed by atoms with Gasteiger partial charge in [-0.05, 0) is 38.8 Å². The van der Waals surface area contributed by atoms with Crippen LogP contribution < -0.4 is 0 Å². The van der Waals surface area contributed by atoms with Crippen LogP contribution in [0, 0.1) is 70.0 Å². The highest BCUT2D eigenvalue weighted by Crippen LogP contribution is 2.55. The van der Waals surface area contributed by atoms with E-state index in [2.05, 4.69) is 4.99 Å². The molecule has 0 saturated heterocycles. The molecular weight excluding hydrogens is 410 g/mol. The van der Waals surface area contributed by atoms with Gasteiger partial charge in [0.15, 0.2) is 0 Å². The summed E-state index contributed by atoms with van der Waals surface area (Å²) in [6, 6.07) is 11.9. The Morgan fingerprint density at radius 2 is 1.34 bits per heavy atom. The Bertz CT molecular complexity index is 1170. The van der Waals surface area contributed by atoms with Crippen LogP contribution in [0.25, 0.3) is 0 Å². The van der Waals surface area contributed by atoms with Crippen molar-refractivity contribution >= 4 is 23.3 Å². The summed E-state index contributed by atoms with van der Waals surface area (Å²) < 4.78 is 10.0. The predicted molar refractivity (Wildman–Crippen MR) is 111 cm³/mol. The van der Waals surface area contributed by atoms with Crippen molar-refractivity contribution in [3.05, 3.63) is 40.5 Å². The van der Waals surface area contributed by atoms with E-state index in [4.69, 9.17) is 9.47 Å². The Balaban J connectivity index is 3.16. The maximum atomic E-state index is 13.0. The van der Waals surface area contributed by atoms with Gasteiger partial charge in [0.2, 0.25) is 10.8 Å². The van der Waals surface area contributed by atoms with Gasteiger partial charge in [-0.3, -0.25) is 0 Å². The molecule has 0 N–H and O–H groups in total. The smallest absolute Gasteiger partial charge is 0.340 e. The van der Waals surface area contributed by atoms with Crippen molar-refractivity contribution in [1.82, 2.24) is 0 Å². The van der Waals surface area contributed by atoms with E-state index in [-0.39, 0.29) is 13.2 Å². The quantitative estimate of drug-likeness (QED) is 0.646. The van der Waals surface area contributed by atoms with Crippen LogP contribution in [-0.4, -0.2) is 30.9 Å². The maximum Gasteiger partial charge on any atom is 0.340 e. The van der Waals surface area contributed by atoms with E-state index in [1.165, 1.54) is 13.8 Å². The molecule has 0 heterocycles. The number of nitriles is 4. The van der Waals surface area contributed by atoms with E-state index in [1.54, 1.807) is 56.3 Å². The molecule has 9 heteroatoms. The highest BCUT2D eigenvalue weighted by Gasteiger charge is 2.70. The molecule has 0 fully saturated rings. The van der Waals surface area contributed by atoms with Crippen LogP contribution in [0.2, 0.25) is 0 Å². The summed E-state index contributed by atoms with van der Waals surface area (Å²) in [5.74, 6) is -2.27. The first kappa shape index (κ1) is 23.8. The number of hydrogen-bond donors (Lipinski definition) is 0. The van der Waals surface area contributed by atoms with Gasteiger partial charge in [-0.15, -0.1) is 0 Å². The second-order valence-electron chi connectivity index (χ2n) is 6.84. The molecule has 1 aromatic carbocycles. The maximum absolute atomic E-state index is 13.0. The van der Waals surface area contributed by atoms with Crippen LogP contribution in [0.3, 0.4) is 0 Å². The van der Waals surface area contributed by atoms with Crippen LogP contribution in [0.15, 0.2) is 34.3 Å². The van der Waals surface area contributed by atoms with Crippen molar-refractivity contribution in [3.63, 3.8) is 0 Å². The standard InChI is InChI=1S/C23H19N5O4/c1-5-31-20(29)16-17(21(30)32-6-2)22(10-24,11-25)23(12-26,13-27)19(16)28-18-14(3)8-7-9-15(18)4/h7-9H,5-6H2,1-4H3. The average molecular weight is 429 g/mol. The van der Waals surface area contributed by atoms with Crippen LogP contribution in [0.4, 0.5) is 5.69 Å². The normalized spacial score (nSPS) is 16.9. The third-order valence-electron chi connectivity index (χ3n) is 5.07. The van der Waals surface area contributed by atoms with Gasteiger partial charge < -0.3 is 9.47 Å². The zero-order chi connectivity index (χ0) is 24.1. The van der Waals surface area contributed by atoms with Gasteiger partial charge in [-0.1, -0.05) is 18.2 Å². The van der Waals surface area contributed by atoms with Gasteiger partial charge in [0.1, 0.15) is 0 Å². The predicted octanol–water partition coefficient (Wildman–Crippen LogP) is 2.88. The fourth-order valence-electron chi connectivity index (χ4n) is 3.56. The van der Waals surface area contributed by atoms with E-state index in [9.17, 15) is 30.6 Å². The Morgan fingerprint density at radius 3 is 1.78 bits per heavy atom. The van der Waals surface area contributed by atoms with Crippen molar-refractivity contribution in [2.75, 3.05) is 13.2 Å². The fraction of sp³-hybridized carbons (Fsp3) is 0.348. The van der Waals surface area contributed by atoms with Gasteiger partial charge in [0.05, 0.1) is 60.0 Å². The number of ether oxygens (including phenoxy) is 2. The molecular formula is C23H19N5O4. The van der Waals surface area contributed by atoms with Gasteiger partial charge in [0.25, 0.3) is 0 Å². The minimum absolute atomic E-state index is 0.104. The third-order valence-corrected chi connectivity index (χ3v) is 5.07.